The third kappa shape index (κ3) is 5.27. The van der Waals surface area contributed by atoms with Gasteiger partial charge in [-0.3, -0.25) is 9.78 Å². The summed E-state index contributed by atoms with van der Waals surface area (Å²) in [4.78, 5) is 17.7. The lowest BCUT2D eigenvalue weighted by Gasteiger charge is -2.25. The first kappa shape index (κ1) is 16.6. The summed E-state index contributed by atoms with van der Waals surface area (Å²) < 4.78 is 0. The number of aromatic nitrogens is 1. The monoisotopic (exact) mass is 279 g/mol. The molecule has 20 heavy (non-hydrogen) atoms. The van der Waals surface area contributed by atoms with Crippen LogP contribution in [0.15, 0.2) is 24.4 Å². The van der Waals surface area contributed by atoms with E-state index < -0.39 is 11.5 Å². The van der Waals surface area contributed by atoms with Gasteiger partial charge in [-0.15, -0.1) is 0 Å². The molecule has 112 valence electrons. The molecule has 0 aliphatic heterocycles. The Morgan fingerprint density at radius 2 is 2.20 bits per heavy atom. The molecule has 0 bridgehead atoms. The molecule has 0 aliphatic carbocycles. The van der Waals surface area contributed by atoms with E-state index in [1.54, 1.807) is 20.2 Å². The van der Waals surface area contributed by atoms with Gasteiger partial charge in [0, 0.05) is 24.9 Å². The van der Waals surface area contributed by atoms with Gasteiger partial charge in [0.2, 0.25) is 0 Å². The Hall–Kier alpha value is -1.46. The third-order valence-corrected chi connectivity index (χ3v) is 3.72. The number of aliphatic carboxylic acids is 1. The van der Waals surface area contributed by atoms with Crippen LogP contribution in [0.25, 0.3) is 0 Å². The van der Waals surface area contributed by atoms with Crippen LogP contribution >= 0.6 is 0 Å². The van der Waals surface area contributed by atoms with Gasteiger partial charge < -0.3 is 15.3 Å². The maximum absolute atomic E-state index is 11.2. The number of nitrogens with zero attached hydrogens (tertiary/aromatic N) is 2. The number of carbonyl (C=O) groups is 1. The molecule has 0 spiro atoms. The molecule has 2 N–H and O–H groups in total. The Kier molecular flexibility index (Phi) is 6.61. The van der Waals surface area contributed by atoms with Crippen LogP contribution in [0.3, 0.4) is 0 Å². The molecule has 5 nitrogen and oxygen atoms in total. The zero-order chi connectivity index (χ0) is 15.0. The molecule has 0 aliphatic rings. The molecule has 1 aromatic rings. The highest BCUT2D eigenvalue weighted by Crippen LogP contribution is 2.12. The van der Waals surface area contributed by atoms with E-state index in [1.165, 1.54) is 0 Å². The van der Waals surface area contributed by atoms with E-state index in [-0.39, 0.29) is 0 Å². The minimum atomic E-state index is -0.832. The average molecular weight is 279 g/mol. The Morgan fingerprint density at radius 1 is 1.45 bits per heavy atom. The van der Waals surface area contributed by atoms with Crippen molar-refractivity contribution >= 4 is 5.97 Å². The van der Waals surface area contributed by atoms with Gasteiger partial charge in [0.1, 0.15) is 5.54 Å². The predicted octanol–water partition coefficient (Wildman–Crippen LogP) is 1.40. The zero-order valence-electron chi connectivity index (χ0n) is 12.6. The van der Waals surface area contributed by atoms with Crippen LogP contribution in [0.5, 0.6) is 0 Å². The van der Waals surface area contributed by atoms with E-state index in [9.17, 15) is 4.79 Å². The summed E-state index contributed by atoms with van der Waals surface area (Å²) in [6.45, 7) is 3.54. The van der Waals surface area contributed by atoms with Crippen molar-refractivity contribution in [2.45, 2.75) is 31.7 Å². The minimum absolute atomic E-state index is 0.618. The summed E-state index contributed by atoms with van der Waals surface area (Å²) in [7, 11) is 3.75. The molecular formula is C15H25N3O2. The molecule has 1 unspecified atom stereocenters. The van der Waals surface area contributed by atoms with Crippen LogP contribution in [0.2, 0.25) is 0 Å². The topological polar surface area (TPSA) is 65.5 Å². The van der Waals surface area contributed by atoms with Gasteiger partial charge in [0.15, 0.2) is 0 Å². The molecule has 1 rings (SSSR count). The lowest BCUT2D eigenvalue weighted by atomic mass is 9.96. The van der Waals surface area contributed by atoms with Crippen molar-refractivity contribution in [1.82, 2.24) is 15.2 Å². The molecule has 0 fully saturated rings. The summed E-state index contributed by atoms with van der Waals surface area (Å²) in [6.07, 6.45) is 4.19. The van der Waals surface area contributed by atoms with E-state index >= 15 is 0 Å². The van der Waals surface area contributed by atoms with Crippen molar-refractivity contribution in [3.05, 3.63) is 30.1 Å². The molecule has 0 amide bonds. The molecule has 0 saturated carbocycles. The second-order valence-electron chi connectivity index (χ2n) is 5.37. The second kappa shape index (κ2) is 7.97. The van der Waals surface area contributed by atoms with Crippen LogP contribution in [0, 0.1) is 0 Å². The normalized spacial score (nSPS) is 14.2. The predicted molar refractivity (Wildman–Crippen MR) is 79.8 cm³/mol. The highest BCUT2D eigenvalue weighted by molar-refractivity contribution is 5.78. The van der Waals surface area contributed by atoms with Crippen molar-refractivity contribution in [2.24, 2.45) is 0 Å². The van der Waals surface area contributed by atoms with Gasteiger partial charge >= 0.3 is 5.97 Å². The van der Waals surface area contributed by atoms with Gasteiger partial charge in [-0.05, 0) is 52.5 Å². The number of hydrogen-bond acceptors (Lipinski definition) is 4. The Balaban J connectivity index is 2.26. The third-order valence-electron chi connectivity index (χ3n) is 3.72. The number of likely N-dealkylation sites (N-methyl/N-ethyl adjacent to an activating group) is 2. The number of rotatable bonds is 9. The number of nitrogens with one attached hydrogen (secondary N) is 1. The fourth-order valence-electron chi connectivity index (χ4n) is 2.00. The molecule has 0 radical (unpaired) electrons. The molecule has 1 heterocycles. The first-order valence-corrected chi connectivity index (χ1v) is 6.98. The highest BCUT2D eigenvalue weighted by Gasteiger charge is 2.30. The summed E-state index contributed by atoms with van der Waals surface area (Å²) >= 11 is 0. The lowest BCUT2D eigenvalue weighted by molar-refractivity contribution is -0.144. The Morgan fingerprint density at radius 3 is 2.75 bits per heavy atom. The summed E-state index contributed by atoms with van der Waals surface area (Å²) in [6, 6.07) is 5.93. The van der Waals surface area contributed by atoms with Crippen molar-refractivity contribution in [2.75, 3.05) is 27.2 Å². The molecular weight excluding hydrogens is 254 g/mol. The van der Waals surface area contributed by atoms with E-state index in [4.69, 9.17) is 5.11 Å². The highest BCUT2D eigenvalue weighted by atomic mass is 16.4. The van der Waals surface area contributed by atoms with Crippen LogP contribution in [0.1, 0.15) is 25.5 Å². The molecule has 0 aromatic carbocycles. The number of carboxylic acid groups (broad SMARTS) is 1. The smallest absolute Gasteiger partial charge is 0.323 e. The van der Waals surface area contributed by atoms with Crippen molar-refractivity contribution < 1.29 is 9.90 Å². The molecule has 1 aromatic heterocycles. The SMILES string of the molecule is CNC(C)(CCCN(C)CCc1ccccn1)C(=O)O. The first-order chi connectivity index (χ1) is 9.48. The van der Waals surface area contributed by atoms with Crippen LogP contribution in [-0.2, 0) is 11.2 Å². The fraction of sp³-hybridized carbons (Fsp3) is 0.600. The number of pyridine rings is 1. The largest absolute Gasteiger partial charge is 0.480 e. The van der Waals surface area contributed by atoms with Crippen molar-refractivity contribution in [1.29, 1.82) is 0 Å². The van der Waals surface area contributed by atoms with Gasteiger partial charge in [-0.2, -0.15) is 0 Å². The molecule has 0 saturated heterocycles. The van der Waals surface area contributed by atoms with E-state index in [2.05, 4.69) is 22.2 Å². The summed E-state index contributed by atoms with van der Waals surface area (Å²) in [5, 5.41) is 12.0. The lowest BCUT2D eigenvalue weighted by Crippen LogP contribution is -2.47. The summed E-state index contributed by atoms with van der Waals surface area (Å²) in [5.74, 6) is -0.795. The Bertz CT molecular complexity index is 411. The van der Waals surface area contributed by atoms with Crippen molar-refractivity contribution in [3.8, 4) is 0 Å². The van der Waals surface area contributed by atoms with Crippen LogP contribution in [-0.4, -0.2) is 53.7 Å². The molecule has 1 atom stereocenters. The van der Waals surface area contributed by atoms with Crippen LogP contribution < -0.4 is 5.32 Å². The maximum atomic E-state index is 11.2. The quantitative estimate of drug-likeness (QED) is 0.715. The molecule has 5 heteroatoms. The minimum Gasteiger partial charge on any atom is -0.480 e. The maximum Gasteiger partial charge on any atom is 0.323 e. The summed E-state index contributed by atoms with van der Waals surface area (Å²) in [5.41, 5.74) is 0.256. The van der Waals surface area contributed by atoms with Gasteiger partial charge in [-0.25, -0.2) is 0 Å². The number of carboxylic acids is 1. The second-order valence-corrected chi connectivity index (χ2v) is 5.37. The fourth-order valence-corrected chi connectivity index (χ4v) is 2.00. The van der Waals surface area contributed by atoms with E-state index in [1.807, 2.05) is 18.2 Å². The van der Waals surface area contributed by atoms with Gasteiger partial charge in [0.05, 0.1) is 0 Å². The van der Waals surface area contributed by atoms with Gasteiger partial charge in [0.25, 0.3) is 0 Å². The Labute approximate surface area is 121 Å². The van der Waals surface area contributed by atoms with Crippen molar-refractivity contribution in [3.63, 3.8) is 0 Å². The zero-order valence-corrected chi connectivity index (χ0v) is 12.6. The average Bonchev–Trinajstić information content (AvgIpc) is 2.45. The van der Waals surface area contributed by atoms with Crippen LogP contribution in [0.4, 0.5) is 0 Å². The standard InChI is InChI=1S/C15H25N3O2/c1-15(16-2,14(19)20)9-6-11-18(3)12-8-13-7-4-5-10-17-13/h4-5,7,10,16H,6,8-9,11-12H2,1-3H3,(H,19,20). The number of hydrogen-bond donors (Lipinski definition) is 2. The van der Waals surface area contributed by atoms with E-state index in [0.717, 1.165) is 31.6 Å². The van der Waals surface area contributed by atoms with E-state index in [0.29, 0.717) is 6.42 Å². The van der Waals surface area contributed by atoms with Gasteiger partial charge in [-0.1, -0.05) is 6.07 Å². The first-order valence-electron chi connectivity index (χ1n) is 6.98.